The maximum Gasteiger partial charge on any atom is 0.332 e. The minimum Gasteiger partial charge on any atom is -0.479 e. The summed E-state index contributed by atoms with van der Waals surface area (Å²) >= 11 is 0. The Morgan fingerprint density at radius 3 is 2.52 bits per heavy atom. The Balaban J connectivity index is 1.59. The molecule has 0 saturated carbocycles. The zero-order valence-electron chi connectivity index (χ0n) is 14.7. The summed E-state index contributed by atoms with van der Waals surface area (Å²) in [5.74, 6) is -1.72. The van der Waals surface area contributed by atoms with Gasteiger partial charge in [0.1, 0.15) is 12.1 Å². The first kappa shape index (κ1) is 18.6. The Labute approximate surface area is 155 Å². The molecule has 9 nitrogen and oxygen atoms in total. The third-order valence-electron chi connectivity index (χ3n) is 4.29. The maximum absolute atomic E-state index is 12.3. The van der Waals surface area contributed by atoms with Gasteiger partial charge in [0.15, 0.2) is 6.10 Å². The number of carbonyl (C=O) groups is 3. The normalized spacial score (nSPS) is 20.0. The second-order valence-corrected chi connectivity index (χ2v) is 6.25. The van der Waals surface area contributed by atoms with Crippen LogP contribution in [0.15, 0.2) is 42.7 Å². The van der Waals surface area contributed by atoms with E-state index in [9.17, 15) is 14.4 Å². The number of ether oxygens (including phenoxy) is 1. The smallest absolute Gasteiger partial charge is 0.332 e. The van der Waals surface area contributed by atoms with E-state index in [2.05, 4.69) is 15.7 Å². The molecule has 1 aliphatic heterocycles. The molecule has 3 rings (SSSR count). The minimum absolute atomic E-state index is 0.245. The molecule has 1 aromatic heterocycles. The largest absolute Gasteiger partial charge is 0.479 e. The third-order valence-corrected chi connectivity index (χ3v) is 4.29. The molecule has 1 fully saturated rings. The van der Waals surface area contributed by atoms with Crippen LogP contribution in [0.2, 0.25) is 0 Å². The van der Waals surface area contributed by atoms with Gasteiger partial charge in [0, 0.05) is 23.8 Å². The van der Waals surface area contributed by atoms with Crippen molar-refractivity contribution >= 4 is 29.2 Å². The van der Waals surface area contributed by atoms with Crippen LogP contribution in [0, 0.1) is 0 Å². The summed E-state index contributed by atoms with van der Waals surface area (Å²) in [5, 5.41) is 18.4. The molecule has 1 aliphatic rings. The molecule has 9 heteroatoms. The van der Waals surface area contributed by atoms with Crippen LogP contribution in [0.5, 0.6) is 0 Å². The molecule has 2 heterocycles. The maximum atomic E-state index is 12.3. The molecule has 2 aromatic rings. The Hall–Kier alpha value is -3.20. The van der Waals surface area contributed by atoms with Crippen molar-refractivity contribution in [1.29, 1.82) is 0 Å². The van der Waals surface area contributed by atoms with Crippen LogP contribution in [-0.2, 0) is 19.1 Å². The highest BCUT2D eigenvalue weighted by atomic mass is 16.5. The molecular formula is C18H20N4O5. The zero-order valence-corrected chi connectivity index (χ0v) is 14.7. The van der Waals surface area contributed by atoms with E-state index < -0.39 is 30.1 Å². The highest BCUT2D eigenvalue weighted by Gasteiger charge is 2.34. The Kier molecular flexibility index (Phi) is 5.51. The predicted molar refractivity (Wildman–Crippen MR) is 96.2 cm³/mol. The number of benzene rings is 1. The van der Waals surface area contributed by atoms with E-state index in [1.54, 1.807) is 49.6 Å². The highest BCUT2D eigenvalue weighted by Crippen LogP contribution is 2.22. The van der Waals surface area contributed by atoms with Crippen LogP contribution in [0.1, 0.15) is 25.8 Å². The summed E-state index contributed by atoms with van der Waals surface area (Å²) in [6, 6.07) is 7.94. The van der Waals surface area contributed by atoms with Crippen LogP contribution in [0.3, 0.4) is 0 Å². The van der Waals surface area contributed by atoms with Gasteiger partial charge in [-0.1, -0.05) is 6.07 Å². The summed E-state index contributed by atoms with van der Waals surface area (Å²) in [6.07, 6.45) is 2.20. The van der Waals surface area contributed by atoms with Gasteiger partial charge in [0.2, 0.25) is 5.91 Å². The van der Waals surface area contributed by atoms with Crippen molar-refractivity contribution in [3.8, 4) is 0 Å². The number of carboxylic acid groups (broad SMARTS) is 1. The number of amides is 2. The highest BCUT2D eigenvalue weighted by molar-refractivity contribution is 5.97. The molecule has 0 aliphatic carbocycles. The molecule has 142 valence electrons. The number of aromatic nitrogens is 2. The Morgan fingerprint density at radius 2 is 1.89 bits per heavy atom. The van der Waals surface area contributed by atoms with Crippen molar-refractivity contribution < 1.29 is 24.2 Å². The lowest BCUT2D eigenvalue weighted by molar-refractivity contribution is -0.150. The molecule has 3 N–H and O–H groups in total. The van der Waals surface area contributed by atoms with E-state index in [1.165, 1.54) is 4.68 Å². The fourth-order valence-electron chi connectivity index (χ4n) is 2.79. The van der Waals surface area contributed by atoms with E-state index in [1.807, 2.05) is 0 Å². The summed E-state index contributed by atoms with van der Waals surface area (Å²) < 4.78 is 6.77. The number of hydrogen-bond donors (Lipinski definition) is 3. The number of carbonyl (C=O) groups excluding carboxylic acids is 2. The zero-order chi connectivity index (χ0) is 19.4. The number of nitrogens with zero attached hydrogens (tertiary/aromatic N) is 2. The monoisotopic (exact) mass is 372 g/mol. The van der Waals surface area contributed by atoms with Gasteiger partial charge < -0.3 is 20.5 Å². The van der Waals surface area contributed by atoms with Crippen molar-refractivity contribution in [3.05, 3.63) is 42.7 Å². The van der Waals surface area contributed by atoms with Crippen molar-refractivity contribution in [2.75, 3.05) is 10.6 Å². The average molecular weight is 372 g/mol. The van der Waals surface area contributed by atoms with Crippen LogP contribution < -0.4 is 10.6 Å². The van der Waals surface area contributed by atoms with Gasteiger partial charge in [-0.05, 0) is 44.0 Å². The summed E-state index contributed by atoms with van der Waals surface area (Å²) in [5.41, 5.74) is 1.000. The molecule has 0 bridgehead atoms. The summed E-state index contributed by atoms with van der Waals surface area (Å²) in [7, 11) is 0. The van der Waals surface area contributed by atoms with E-state index >= 15 is 0 Å². The topological polar surface area (TPSA) is 123 Å². The van der Waals surface area contributed by atoms with E-state index in [0.717, 1.165) is 0 Å². The van der Waals surface area contributed by atoms with Gasteiger partial charge in [0.25, 0.3) is 5.91 Å². The molecule has 1 unspecified atom stereocenters. The first-order chi connectivity index (χ1) is 12.9. The average Bonchev–Trinajstić information content (AvgIpc) is 3.33. The van der Waals surface area contributed by atoms with Crippen LogP contribution in [0.4, 0.5) is 11.4 Å². The molecule has 3 atom stereocenters. The van der Waals surface area contributed by atoms with Gasteiger partial charge in [-0.3, -0.25) is 14.3 Å². The second kappa shape index (κ2) is 8.00. The Morgan fingerprint density at radius 1 is 1.19 bits per heavy atom. The van der Waals surface area contributed by atoms with Gasteiger partial charge >= 0.3 is 5.97 Å². The van der Waals surface area contributed by atoms with Crippen molar-refractivity contribution in [2.24, 2.45) is 0 Å². The van der Waals surface area contributed by atoms with E-state index in [-0.39, 0.29) is 5.91 Å². The first-order valence-corrected chi connectivity index (χ1v) is 8.53. The summed E-state index contributed by atoms with van der Waals surface area (Å²) in [4.78, 5) is 35.5. The standard InChI is InChI=1S/C18H20N4O5/c1-11(22-9-3-8-19-22)16(23)20-12-4-2-5-13(10-12)21-17(24)14-6-7-15(27-14)18(25)26/h2-5,8-11,14-15H,6-7H2,1H3,(H,20,23)(H,21,24)(H,25,26)/t11?,14-,15+/m0/s1. The van der Waals surface area contributed by atoms with Crippen LogP contribution in [0.25, 0.3) is 0 Å². The number of aliphatic carboxylic acids is 1. The second-order valence-electron chi connectivity index (χ2n) is 6.25. The van der Waals surface area contributed by atoms with Crippen LogP contribution in [-0.4, -0.2) is 44.9 Å². The quantitative estimate of drug-likeness (QED) is 0.709. The molecule has 2 amide bonds. The molecule has 1 aromatic carbocycles. The lowest BCUT2D eigenvalue weighted by Crippen LogP contribution is -2.30. The molecule has 0 spiro atoms. The molecule has 0 radical (unpaired) electrons. The number of rotatable bonds is 6. The fourth-order valence-corrected chi connectivity index (χ4v) is 2.79. The van der Waals surface area contributed by atoms with Gasteiger partial charge in [-0.25, -0.2) is 4.79 Å². The molecule has 1 saturated heterocycles. The third kappa shape index (κ3) is 4.50. The van der Waals surface area contributed by atoms with Gasteiger partial charge in [-0.15, -0.1) is 0 Å². The fraction of sp³-hybridized carbons (Fsp3) is 0.333. The number of hydrogen-bond acceptors (Lipinski definition) is 5. The molecule has 27 heavy (non-hydrogen) atoms. The minimum atomic E-state index is -1.07. The predicted octanol–water partition coefficient (Wildman–Crippen LogP) is 1.65. The SMILES string of the molecule is CC(C(=O)Nc1cccc(NC(=O)[C@@H]2CC[C@H](C(=O)O)O2)c1)n1cccn1. The van der Waals surface area contributed by atoms with Crippen molar-refractivity contribution in [2.45, 2.75) is 38.0 Å². The lowest BCUT2D eigenvalue weighted by Gasteiger charge is -2.14. The van der Waals surface area contributed by atoms with E-state index in [4.69, 9.17) is 9.84 Å². The first-order valence-electron chi connectivity index (χ1n) is 8.53. The van der Waals surface area contributed by atoms with Gasteiger partial charge in [-0.2, -0.15) is 5.10 Å². The Bertz CT molecular complexity index is 836. The van der Waals surface area contributed by atoms with Crippen molar-refractivity contribution in [3.63, 3.8) is 0 Å². The molecular weight excluding hydrogens is 352 g/mol. The van der Waals surface area contributed by atoms with Gasteiger partial charge in [0.05, 0.1) is 0 Å². The van der Waals surface area contributed by atoms with Crippen molar-refractivity contribution in [1.82, 2.24) is 9.78 Å². The number of anilines is 2. The lowest BCUT2D eigenvalue weighted by atomic mass is 10.2. The number of carboxylic acids is 1. The summed E-state index contributed by atoms with van der Waals surface area (Å²) in [6.45, 7) is 1.73. The van der Waals surface area contributed by atoms with E-state index in [0.29, 0.717) is 24.2 Å². The van der Waals surface area contributed by atoms with Crippen LogP contribution >= 0.6 is 0 Å². The number of nitrogens with one attached hydrogen (secondary N) is 2.